The maximum atomic E-state index is 11.3. The number of hydrogen-bond donors (Lipinski definition) is 3. The van der Waals surface area contributed by atoms with E-state index in [9.17, 15) is 19.7 Å². The van der Waals surface area contributed by atoms with E-state index in [0.717, 1.165) is 6.07 Å². The van der Waals surface area contributed by atoms with E-state index in [1.807, 2.05) is 0 Å². The van der Waals surface area contributed by atoms with Crippen LogP contribution in [0.2, 0.25) is 0 Å². The van der Waals surface area contributed by atoms with E-state index in [1.54, 1.807) is 14.1 Å². The Morgan fingerprint density at radius 3 is 2.52 bits per heavy atom. The predicted molar refractivity (Wildman–Crippen MR) is 75.6 cm³/mol. The molecule has 21 heavy (non-hydrogen) atoms. The molecule has 0 saturated carbocycles. The van der Waals surface area contributed by atoms with E-state index < -0.39 is 10.9 Å². The van der Waals surface area contributed by atoms with Gasteiger partial charge in [-0.3, -0.25) is 10.1 Å². The van der Waals surface area contributed by atoms with Crippen molar-refractivity contribution >= 4 is 23.4 Å². The molecule has 1 aromatic carbocycles. The minimum Gasteiger partial charge on any atom is -0.478 e. The van der Waals surface area contributed by atoms with Crippen LogP contribution < -0.4 is 10.6 Å². The van der Waals surface area contributed by atoms with Crippen molar-refractivity contribution in [2.75, 3.05) is 32.5 Å². The van der Waals surface area contributed by atoms with E-state index in [4.69, 9.17) is 5.11 Å². The number of nitrogens with one attached hydrogen (secondary N) is 2. The Morgan fingerprint density at radius 1 is 1.33 bits per heavy atom. The third kappa shape index (κ3) is 4.64. The van der Waals surface area contributed by atoms with Gasteiger partial charge in [-0.25, -0.2) is 9.59 Å². The maximum Gasteiger partial charge on any atom is 0.338 e. The van der Waals surface area contributed by atoms with Gasteiger partial charge in [0.1, 0.15) is 0 Å². The second-order valence-electron chi connectivity index (χ2n) is 4.35. The number of aromatic carboxylic acids is 1. The first-order valence-corrected chi connectivity index (χ1v) is 6.03. The van der Waals surface area contributed by atoms with E-state index >= 15 is 0 Å². The quantitative estimate of drug-likeness (QED) is 0.408. The van der Waals surface area contributed by atoms with E-state index in [1.165, 1.54) is 17.0 Å². The molecule has 3 N–H and O–H groups in total. The van der Waals surface area contributed by atoms with Crippen LogP contribution in [0.1, 0.15) is 10.4 Å². The summed E-state index contributed by atoms with van der Waals surface area (Å²) in [5.41, 5.74) is -0.228. The lowest BCUT2D eigenvalue weighted by Gasteiger charge is -2.13. The van der Waals surface area contributed by atoms with Crippen molar-refractivity contribution in [3.8, 4) is 0 Å². The van der Waals surface area contributed by atoms with Gasteiger partial charge in [-0.2, -0.15) is 0 Å². The number of benzene rings is 1. The molecule has 0 bridgehead atoms. The van der Waals surface area contributed by atoms with Gasteiger partial charge in [0.05, 0.1) is 10.5 Å². The van der Waals surface area contributed by atoms with Crippen LogP contribution in [0.15, 0.2) is 18.2 Å². The van der Waals surface area contributed by atoms with Gasteiger partial charge in [-0.05, 0) is 6.07 Å². The second kappa shape index (κ2) is 7.08. The minimum absolute atomic E-state index is 0.192. The van der Waals surface area contributed by atoms with Crippen molar-refractivity contribution in [2.45, 2.75) is 0 Å². The molecule has 0 spiro atoms. The summed E-state index contributed by atoms with van der Waals surface area (Å²) in [7, 11) is 3.20. The molecule has 0 aliphatic heterocycles. The van der Waals surface area contributed by atoms with Crippen molar-refractivity contribution in [3.63, 3.8) is 0 Å². The second-order valence-corrected chi connectivity index (χ2v) is 4.35. The molecule has 9 heteroatoms. The lowest BCUT2D eigenvalue weighted by Crippen LogP contribution is -2.37. The number of hydrogen-bond acceptors (Lipinski definition) is 5. The number of nitro groups is 1. The highest BCUT2D eigenvalue weighted by Crippen LogP contribution is 2.21. The van der Waals surface area contributed by atoms with Crippen LogP contribution in [0.5, 0.6) is 0 Å². The fourth-order valence-corrected chi connectivity index (χ4v) is 1.50. The zero-order valence-electron chi connectivity index (χ0n) is 11.6. The number of anilines is 1. The highest BCUT2D eigenvalue weighted by molar-refractivity contribution is 5.95. The third-order valence-electron chi connectivity index (χ3n) is 2.57. The third-order valence-corrected chi connectivity index (χ3v) is 2.57. The topological polar surface area (TPSA) is 125 Å². The molecular weight excluding hydrogens is 280 g/mol. The van der Waals surface area contributed by atoms with Gasteiger partial charge in [-0.15, -0.1) is 0 Å². The van der Waals surface area contributed by atoms with Crippen molar-refractivity contribution in [1.82, 2.24) is 10.2 Å². The summed E-state index contributed by atoms with van der Waals surface area (Å²) in [4.78, 5) is 33.7. The molecule has 0 saturated heterocycles. The number of amides is 2. The fourth-order valence-electron chi connectivity index (χ4n) is 1.50. The number of nitrogens with zero attached hydrogens (tertiary/aromatic N) is 2. The van der Waals surface area contributed by atoms with Gasteiger partial charge in [-0.1, -0.05) is 0 Å². The van der Waals surface area contributed by atoms with Crippen molar-refractivity contribution < 1.29 is 19.6 Å². The zero-order valence-corrected chi connectivity index (χ0v) is 11.6. The molecular formula is C12H16N4O5. The summed E-state index contributed by atoms with van der Waals surface area (Å²) in [6.45, 7) is 0.574. The Kier molecular flexibility index (Phi) is 5.47. The van der Waals surface area contributed by atoms with Gasteiger partial charge < -0.3 is 20.6 Å². The Labute approximate surface area is 120 Å². The first kappa shape index (κ1) is 16.2. The van der Waals surface area contributed by atoms with Crippen molar-refractivity contribution in [2.24, 2.45) is 0 Å². The van der Waals surface area contributed by atoms with Crippen LogP contribution in [-0.2, 0) is 0 Å². The number of carboxylic acid groups (broad SMARTS) is 1. The molecule has 0 atom stereocenters. The zero-order chi connectivity index (χ0) is 16.0. The monoisotopic (exact) mass is 296 g/mol. The molecule has 0 aliphatic rings. The van der Waals surface area contributed by atoms with Gasteiger partial charge in [0.15, 0.2) is 0 Å². The van der Waals surface area contributed by atoms with Crippen LogP contribution in [0, 0.1) is 10.1 Å². The van der Waals surface area contributed by atoms with Crippen LogP contribution in [0.25, 0.3) is 0 Å². The average Bonchev–Trinajstić information content (AvgIpc) is 2.42. The standard InChI is InChI=1S/C12H16N4O5/c1-15(2)12(19)14-6-5-13-10-4-3-8(16(20)21)7-9(10)11(17)18/h3-4,7,13H,5-6H2,1-2H3,(H,14,19)(H,17,18). The molecule has 114 valence electrons. The number of carboxylic acids is 1. The lowest BCUT2D eigenvalue weighted by molar-refractivity contribution is -0.384. The number of carbonyl (C=O) groups is 2. The number of non-ortho nitro benzene ring substituents is 1. The normalized spacial score (nSPS) is 9.81. The fraction of sp³-hybridized carbons (Fsp3) is 0.333. The highest BCUT2D eigenvalue weighted by atomic mass is 16.6. The number of nitro benzene ring substituents is 1. The summed E-state index contributed by atoms with van der Waals surface area (Å²) in [5.74, 6) is -1.27. The molecule has 1 rings (SSSR count). The lowest BCUT2D eigenvalue weighted by atomic mass is 10.1. The summed E-state index contributed by atoms with van der Waals surface area (Å²) in [5, 5.41) is 25.1. The molecule has 0 unspecified atom stereocenters. The molecule has 0 heterocycles. The molecule has 9 nitrogen and oxygen atoms in total. The van der Waals surface area contributed by atoms with E-state index in [2.05, 4.69) is 10.6 Å². The Bertz CT molecular complexity index is 559. The minimum atomic E-state index is -1.27. The number of urea groups is 1. The first-order valence-electron chi connectivity index (χ1n) is 6.03. The summed E-state index contributed by atoms with van der Waals surface area (Å²) in [6, 6.07) is 3.27. The molecule has 2 amide bonds. The van der Waals surface area contributed by atoms with Gasteiger partial charge in [0, 0.05) is 45.0 Å². The number of rotatable bonds is 6. The Morgan fingerprint density at radius 2 is 2.00 bits per heavy atom. The summed E-state index contributed by atoms with van der Waals surface area (Å²) >= 11 is 0. The smallest absolute Gasteiger partial charge is 0.338 e. The maximum absolute atomic E-state index is 11.3. The molecule has 0 radical (unpaired) electrons. The molecule has 0 aromatic heterocycles. The van der Waals surface area contributed by atoms with Crippen LogP contribution in [-0.4, -0.2) is 54.1 Å². The number of carbonyl (C=O) groups excluding carboxylic acids is 1. The van der Waals surface area contributed by atoms with Crippen molar-refractivity contribution in [3.05, 3.63) is 33.9 Å². The Balaban J connectivity index is 2.68. The van der Waals surface area contributed by atoms with E-state index in [-0.39, 0.29) is 36.1 Å². The molecule has 0 aliphatic carbocycles. The molecule has 0 fully saturated rings. The van der Waals surface area contributed by atoms with Gasteiger partial charge in [0.2, 0.25) is 0 Å². The van der Waals surface area contributed by atoms with Crippen LogP contribution >= 0.6 is 0 Å². The van der Waals surface area contributed by atoms with Crippen LogP contribution in [0.3, 0.4) is 0 Å². The largest absolute Gasteiger partial charge is 0.478 e. The average molecular weight is 296 g/mol. The molecule has 1 aromatic rings. The summed E-state index contributed by atoms with van der Waals surface area (Å²) in [6.07, 6.45) is 0. The van der Waals surface area contributed by atoms with Gasteiger partial charge in [0.25, 0.3) is 5.69 Å². The first-order chi connectivity index (χ1) is 9.82. The van der Waals surface area contributed by atoms with E-state index in [0.29, 0.717) is 0 Å². The highest BCUT2D eigenvalue weighted by Gasteiger charge is 2.15. The SMILES string of the molecule is CN(C)C(=O)NCCNc1ccc([N+](=O)[O-])cc1C(=O)O. The Hall–Kier alpha value is -2.84. The van der Waals surface area contributed by atoms with Crippen LogP contribution in [0.4, 0.5) is 16.2 Å². The van der Waals surface area contributed by atoms with Gasteiger partial charge >= 0.3 is 12.0 Å². The van der Waals surface area contributed by atoms with Crippen molar-refractivity contribution in [1.29, 1.82) is 0 Å². The summed E-state index contributed by atoms with van der Waals surface area (Å²) < 4.78 is 0. The predicted octanol–water partition coefficient (Wildman–Crippen LogP) is 0.976.